The zero-order chi connectivity index (χ0) is 14.2. The van der Waals surface area contributed by atoms with Crippen LogP contribution in [-0.4, -0.2) is 16.6 Å². The average Bonchev–Trinajstić information content (AvgIpc) is 2.87. The fourth-order valence-electron chi connectivity index (χ4n) is 2.46. The first-order valence-electron chi connectivity index (χ1n) is 6.66. The standard InChI is InChI=1S/C15H12N2O3S/c18-13-12-10-6-7-19-8-11(10)21-14(12)17-15(16-13)20-9-4-2-1-3-5-9/h1-5H,6-8H2,(H,16,17,18). The van der Waals surface area contributed by atoms with Crippen molar-refractivity contribution in [2.45, 2.75) is 13.0 Å². The van der Waals surface area contributed by atoms with Crippen LogP contribution in [0, 0.1) is 0 Å². The third-order valence-electron chi connectivity index (χ3n) is 3.41. The second-order valence-electron chi connectivity index (χ2n) is 4.77. The molecule has 0 saturated carbocycles. The first kappa shape index (κ1) is 12.6. The SMILES string of the molecule is O=c1[nH]c(Oc2ccccc2)nc2sc3c(c12)CCOC3. The highest BCUT2D eigenvalue weighted by Crippen LogP contribution is 2.32. The maximum Gasteiger partial charge on any atom is 0.303 e. The van der Waals surface area contributed by atoms with Crippen LogP contribution in [-0.2, 0) is 17.8 Å². The monoisotopic (exact) mass is 300 g/mol. The highest BCUT2D eigenvalue weighted by atomic mass is 32.1. The van der Waals surface area contributed by atoms with Gasteiger partial charge in [0.15, 0.2) is 0 Å². The van der Waals surface area contributed by atoms with E-state index in [1.54, 1.807) is 0 Å². The summed E-state index contributed by atoms with van der Waals surface area (Å²) in [5.74, 6) is 0.643. The van der Waals surface area contributed by atoms with Crippen LogP contribution in [0.4, 0.5) is 0 Å². The number of fused-ring (bicyclic) bond motifs is 3. The van der Waals surface area contributed by atoms with Crippen molar-refractivity contribution in [1.82, 2.24) is 9.97 Å². The van der Waals surface area contributed by atoms with Crippen molar-refractivity contribution >= 4 is 21.6 Å². The number of thiophene rings is 1. The Hall–Kier alpha value is -2.18. The molecule has 1 N–H and O–H groups in total. The molecule has 0 radical (unpaired) electrons. The molecule has 3 heterocycles. The minimum atomic E-state index is -0.148. The van der Waals surface area contributed by atoms with Crippen LogP contribution < -0.4 is 10.3 Å². The van der Waals surface area contributed by atoms with Gasteiger partial charge in [-0.1, -0.05) is 18.2 Å². The summed E-state index contributed by atoms with van der Waals surface area (Å²) < 4.78 is 11.0. The molecule has 1 aliphatic rings. The molecule has 6 heteroatoms. The lowest BCUT2D eigenvalue weighted by Crippen LogP contribution is -2.13. The third-order valence-corrected chi connectivity index (χ3v) is 4.51. The second kappa shape index (κ2) is 4.98. The number of rotatable bonds is 2. The van der Waals surface area contributed by atoms with Gasteiger partial charge in [0.05, 0.1) is 18.6 Å². The lowest BCUT2D eigenvalue weighted by molar-refractivity contribution is 0.114. The number of ether oxygens (including phenoxy) is 2. The van der Waals surface area contributed by atoms with Crippen LogP contribution in [0.1, 0.15) is 10.4 Å². The summed E-state index contributed by atoms with van der Waals surface area (Å²) in [7, 11) is 0. The number of H-pyrrole nitrogens is 1. The Labute approximate surface area is 124 Å². The van der Waals surface area contributed by atoms with E-state index >= 15 is 0 Å². The lowest BCUT2D eigenvalue weighted by atomic mass is 10.1. The van der Waals surface area contributed by atoms with Crippen LogP contribution in [0.3, 0.4) is 0 Å². The molecule has 4 rings (SSSR count). The molecule has 21 heavy (non-hydrogen) atoms. The number of aromatic amines is 1. The number of hydrogen-bond acceptors (Lipinski definition) is 5. The summed E-state index contributed by atoms with van der Waals surface area (Å²) in [6.07, 6.45) is 0.763. The van der Waals surface area contributed by atoms with Crippen LogP contribution in [0.15, 0.2) is 35.1 Å². The molecular weight excluding hydrogens is 288 g/mol. The van der Waals surface area contributed by atoms with Crippen molar-refractivity contribution in [3.05, 3.63) is 51.1 Å². The largest absolute Gasteiger partial charge is 0.426 e. The maximum absolute atomic E-state index is 12.3. The molecule has 2 aromatic heterocycles. The molecule has 3 aromatic rings. The Balaban J connectivity index is 1.81. The maximum atomic E-state index is 12.3. The van der Waals surface area contributed by atoms with Crippen molar-refractivity contribution in [3.63, 3.8) is 0 Å². The Morgan fingerprint density at radius 3 is 3.00 bits per heavy atom. The fourth-order valence-corrected chi connectivity index (χ4v) is 3.61. The topological polar surface area (TPSA) is 64.2 Å². The van der Waals surface area contributed by atoms with Crippen molar-refractivity contribution in [2.75, 3.05) is 6.61 Å². The minimum Gasteiger partial charge on any atom is -0.426 e. The molecule has 5 nitrogen and oxygen atoms in total. The molecule has 0 atom stereocenters. The molecule has 0 saturated heterocycles. The van der Waals surface area contributed by atoms with Gasteiger partial charge < -0.3 is 9.47 Å². The predicted molar refractivity (Wildman–Crippen MR) is 80.1 cm³/mol. The normalized spacial score (nSPS) is 14.1. The summed E-state index contributed by atoms with van der Waals surface area (Å²) in [6, 6.07) is 9.49. The van der Waals surface area contributed by atoms with E-state index in [0.29, 0.717) is 29.2 Å². The van der Waals surface area contributed by atoms with Crippen molar-refractivity contribution in [2.24, 2.45) is 0 Å². The van der Waals surface area contributed by atoms with Crippen molar-refractivity contribution in [1.29, 1.82) is 0 Å². The van der Waals surface area contributed by atoms with Gasteiger partial charge in [-0.15, -0.1) is 11.3 Å². The minimum absolute atomic E-state index is 0.148. The predicted octanol–water partition coefficient (Wildman–Crippen LogP) is 2.85. The second-order valence-corrected chi connectivity index (χ2v) is 5.86. The molecule has 0 aliphatic carbocycles. The van der Waals surface area contributed by atoms with Crippen LogP contribution in [0.5, 0.6) is 11.8 Å². The number of hydrogen-bond donors (Lipinski definition) is 1. The molecule has 0 fully saturated rings. The van der Waals surface area contributed by atoms with E-state index in [9.17, 15) is 4.79 Å². The van der Waals surface area contributed by atoms with Gasteiger partial charge in [-0.2, -0.15) is 4.98 Å². The number of benzene rings is 1. The van der Waals surface area contributed by atoms with E-state index in [-0.39, 0.29) is 11.6 Å². The van der Waals surface area contributed by atoms with E-state index in [1.807, 2.05) is 30.3 Å². The molecule has 0 bridgehead atoms. The molecule has 106 valence electrons. The molecular formula is C15H12N2O3S. The number of para-hydroxylation sites is 1. The summed E-state index contributed by atoms with van der Waals surface area (Å²) >= 11 is 1.50. The summed E-state index contributed by atoms with van der Waals surface area (Å²) in [5.41, 5.74) is 0.923. The van der Waals surface area contributed by atoms with Crippen molar-refractivity contribution < 1.29 is 9.47 Å². The molecule has 0 unspecified atom stereocenters. The molecule has 1 aromatic carbocycles. The van der Waals surface area contributed by atoms with E-state index in [2.05, 4.69) is 9.97 Å². The zero-order valence-corrected chi connectivity index (χ0v) is 11.9. The zero-order valence-electron chi connectivity index (χ0n) is 11.1. The summed E-state index contributed by atoms with van der Waals surface area (Å²) in [6.45, 7) is 1.21. The van der Waals surface area contributed by atoms with Crippen LogP contribution in [0.25, 0.3) is 10.2 Å². The van der Waals surface area contributed by atoms with Gasteiger partial charge in [0.25, 0.3) is 5.56 Å². The summed E-state index contributed by atoms with van der Waals surface area (Å²) in [4.78, 5) is 21.2. The Morgan fingerprint density at radius 2 is 2.14 bits per heavy atom. The van der Waals surface area contributed by atoms with Gasteiger partial charge in [0.2, 0.25) is 0 Å². The number of nitrogens with zero attached hydrogens (tertiary/aromatic N) is 1. The molecule has 1 aliphatic heterocycles. The highest BCUT2D eigenvalue weighted by molar-refractivity contribution is 7.18. The van der Waals surface area contributed by atoms with E-state index in [0.717, 1.165) is 16.9 Å². The first-order valence-corrected chi connectivity index (χ1v) is 7.48. The van der Waals surface area contributed by atoms with Crippen molar-refractivity contribution in [3.8, 4) is 11.8 Å². The van der Waals surface area contributed by atoms with Crippen LogP contribution >= 0.6 is 11.3 Å². The Kier molecular flexibility index (Phi) is 2.98. The number of aromatic nitrogens is 2. The first-order chi connectivity index (χ1) is 10.3. The fraction of sp³-hybridized carbons (Fsp3) is 0.200. The van der Waals surface area contributed by atoms with Gasteiger partial charge in [-0.3, -0.25) is 9.78 Å². The lowest BCUT2D eigenvalue weighted by Gasteiger charge is -2.11. The Morgan fingerprint density at radius 1 is 1.29 bits per heavy atom. The Bertz CT molecular complexity index is 854. The van der Waals surface area contributed by atoms with Crippen LogP contribution in [0.2, 0.25) is 0 Å². The van der Waals surface area contributed by atoms with E-state index in [4.69, 9.17) is 9.47 Å². The van der Waals surface area contributed by atoms with E-state index < -0.39 is 0 Å². The van der Waals surface area contributed by atoms with E-state index in [1.165, 1.54) is 11.3 Å². The van der Waals surface area contributed by atoms with Gasteiger partial charge in [0, 0.05) is 4.88 Å². The molecule has 0 spiro atoms. The quantitative estimate of drug-likeness (QED) is 0.790. The van der Waals surface area contributed by atoms with Gasteiger partial charge in [-0.05, 0) is 24.1 Å². The highest BCUT2D eigenvalue weighted by Gasteiger charge is 2.20. The van der Waals surface area contributed by atoms with Gasteiger partial charge >= 0.3 is 6.01 Å². The van der Waals surface area contributed by atoms with Gasteiger partial charge in [-0.25, -0.2) is 0 Å². The average molecular weight is 300 g/mol. The number of nitrogens with one attached hydrogen (secondary N) is 1. The third kappa shape index (κ3) is 2.22. The molecule has 0 amide bonds. The van der Waals surface area contributed by atoms with Gasteiger partial charge in [0.1, 0.15) is 10.6 Å². The summed E-state index contributed by atoms with van der Waals surface area (Å²) in [5, 5.41) is 0.679. The smallest absolute Gasteiger partial charge is 0.303 e.